The molecule has 0 unspecified atom stereocenters. The van der Waals surface area contributed by atoms with E-state index in [1.54, 1.807) is 6.07 Å². The Morgan fingerprint density at radius 2 is 1.89 bits per heavy atom. The van der Waals surface area contributed by atoms with Crippen LogP contribution in [0.15, 0.2) is 42.5 Å². The van der Waals surface area contributed by atoms with Crippen LogP contribution in [0.1, 0.15) is 69.2 Å². The SMILES string of the molecule is CC[C@H](Oc1ccc2c(c1)[C@H](c1cccc(F)c1)N(C(=O)CC(C)C)CC2)C(=O)NCCN1CCCC1. The van der Waals surface area contributed by atoms with E-state index in [9.17, 15) is 14.0 Å². The molecular weight excluding hydrogens is 469 g/mol. The van der Waals surface area contributed by atoms with Crippen molar-refractivity contribution in [2.45, 2.75) is 65.0 Å². The molecular formula is C30H40FN3O3. The predicted octanol–water partition coefficient (Wildman–Crippen LogP) is 4.72. The Bertz CT molecular complexity index is 1080. The number of hydrogen-bond donors (Lipinski definition) is 1. The first-order valence-electron chi connectivity index (χ1n) is 13.7. The summed E-state index contributed by atoms with van der Waals surface area (Å²) in [7, 11) is 0. The maximum atomic E-state index is 14.2. The van der Waals surface area contributed by atoms with Crippen LogP contribution in [0.25, 0.3) is 0 Å². The number of nitrogens with zero attached hydrogens (tertiary/aromatic N) is 2. The number of amides is 2. The Balaban J connectivity index is 1.54. The van der Waals surface area contributed by atoms with E-state index in [0.717, 1.165) is 42.7 Å². The molecule has 4 rings (SSSR count). The molecule has 0 bridgehead atoms. The average molecular weight is 510 g/mol. The summed E-state index contributed by atoms with van der Waals surface area (Å²) in [6.07, 6.45) is 3.55. The number of nitrogens with one attached hydrogen (secondary N) is 1. The van der Waals surface area contributed by atoms with Crippen LogP contribution in [0.3, 0.4) is 0 Å². The Kier molecular flexibility index (Phi) is 9.19. The minimum absolute atomic E-state index is 0.0602. The van der Waals surface area contributed by atoms with Crippen LogP contribution in [0.5, 0.6) is 5.75 Å². The van der Waals surface area contributed by atoms with Crippen molar-refractivity contribution in [2.75, 3.05) is 32.7 Å². The van der Waals surface area contributed by atoms with E-state index in [4.69, 9.17) is 4.74 Å². The van der Waals surface area contributed by atoms with E-state index < -0.39 is 12.1 Å². The molecule has 2 atom stereocenters. The van der Waals surface area contributed by atoms with Crippen LogP contribution in [-0.4, -0.2) is 60.4 Å². The van der Waals surface area contributed by atoms with Gasteiger partial charge in [0.2, 0.25) is 5.91 Å². The molecule has 0 radical (unpaired) electrons. The summed E-state index contributed by atoms with van der Waals surface area (Å²) in [5.41, 5.74) is 2.77. The van der Waals surface area contributed by atoms with Crippen molar-refractivity contribution in [1.82, 2.24) is 15.1 Å². The zero-order valence-corrected chi connectivity index (χ0v) is 22.3. The van der Waals surface area contributed by atoms with Crippen LogP contribution in [0.4, 0.5) is 4.39 Å². The maximum Gasteiger partial charge on any atom is 0.261 e. The molecule has 6 nitrogen and oxygen atoms in total. The van der Waals surface area contributed by atoms with Crippen LogP contribution < -0.4 is 10.1 Å². The van der Waals surface area contributed by atoms with Gasteiger partial charge in [0.25, 0.3) is 5.91 Å². The second-order valence-corrected chi connectivity index (χ2v) is 10.6. The molecule has 7 heteroatoms. The molecule has 2 amide bonds. The van der Waals surface area contributed by atoms with Crippen LogP contribution in [-0.2, 0) is 16.0 Å². The third-order valence-electron chi connectivity index (χ3n) is 7.28. The summed E-state index contributed by atoms with van der Waals surface area (Å²) < 4.78 is 20.4. The largest absolute Gasteiger partial charge is 0.481 e. The normalized spacial score (nSPS) is 18.5. The summed E-state index contributed by atoms with van der Waals surface area (Å²) in [5, 5.41) is 3.02. The molecule has 2 aromatic rings. The summed E-state index contributed by atoms with van der Waals surface area (Å²) in [6.45, 7) is 10.2. The fraction of sp³-hybridized carbons (Fsp3) is 0.533. The fourth-order valence-electron chi connectivity index (χ4n) is 5.38. The molecule has 2 aliphatic rings. The number of fused-ring (bicyclic) bond motifs is 1. The second kappa shape index (κ2) is 12.5. The van der Waals surface area contributed by atoms with E-state index in [2.05, 4.69) is 10.2 Å². The number of halogens is 1. The highest BCUT2D eigenvalue weighted by Gasteiger charge is 2.33. The Morgan fingerprint density at radius 1 is 1.11 bits per heavy atom. The van der Waals surface area contributed by atoms with Crippen molar-refractivity contribution in [2.24, 2.45) is 5.92 Å². The number of ether oxygens (including phenoxy) is 1. The van der Waals surface area contributed by atoms with Gasteiger partial charge < -0.3 is 19.9 Å². The Hall–Kier alpha value is -2.93. The number of carbonyl (C=O) groups is 2. The van der Waals surface area contributed by atoms with Gasteiger partial charge in [-0.2, -0.15) is 0 Å². The number of benzene rings is 2. The molecule has 0 saturated carbocycles. The highest BCUT2D eigenvalue weighted by molar-refractivity contribution is 5.81. The molecule has 2 aromatic carbocycles. The van der Waals surface area contributed by atoms with Crippen molar-refractivity contribution >= 4 is 11.8 Å². The topological polar surface area (TPSA) is 61.9 Å². The van der Waals surface area contributed by atoms with Crippen LogP contribution in [0.2, 0.25) is 0 Å². The quantitative estimate of drug-likeness (QED) is 0.504. The lowest BCUT2D eigenvalue weighted by atomic mass is 9.87. The second-order valence-electron chi connectivity index (χ2n) is 10.6. The molecule has 37 heavy (non-hydrogen) atoms. The molecule has 1 fully saturated rings. The molecule has 2 aliphatic heterocycles. The van der Waals surface area contributed by atoms with Gasteiger partial charge >= 0.3 is 0 Å². The number of rotatable bonds is 10. The van der Waals surface area contributed by atoms with Crippen molar-refractivity contribution < 1.29 is 18.7 Å². The Morgan fingerprint density at radius 3 is 2.59 bits per heavy atom. The third-order valence-corrected chi connectivity index (χ3v) is 7.28. The van der Waals surface area contributed by atoms with E-state index in [1.807, 2.05) is 49.9 Å². The first-order valence-corrected chi connectivity index (χ1v) is 13.7. The molecule has 0 aliphatic carbocycles. The highest BCUT2D eigenvalue weighted by Crippen LogP contribution is 2.38. The van der Waals surface area contributed by atoms with Gasteiger partial charge in [-0.3, -0.25) is 9.59 Å². The van der Waals surface area contributed by atoms with Gasteiger partial charge in [-0.15, -0.1) is 0 Å². The van der Waals surface area contributed by atoms with Crippen molar-refractivity contribution in [3.05, 3.63) is 65.0 Å². The Labute approximate surface area is 220 Å². The fourth-order valence-corrected chi connectivity index (χ4v) is 5.38. The molecule has 200 valence electrons. The number of likely N-dealkylation sites (tertiary alicyclic amines) is 1. The molecule has 0 spiro atoms. The van der Waals surface area contributed by atoms with E-state index >= 15 is 0 Å². The minimum atomic E-state index is -0.605. The van der Waals surface area contributed by atoms with Crippen molar-refractivity contribution in [1.29, 1.82) is 0 Å². The van der Waals surface area contributed by atoms with Crippen LogP contribution >= 0.6 is 0 Å². The predicted molar refractivity (Wildman–Crippen MR) is 143 cm³/mol. The first kappa shape index (κ1) is 27.1. The van der Waals surface area contributed by atoms with Gasteiger partial charge in [-0.25, -0.2) is 4.39 Å². The van der Waals surface area contributed by atoms with Crippen molar-refractivity contribution in [3.8, 4) is 5.75 Å². The zero-order valence-electron chi connectivity index (χ0n) is 22.3. The molecule has 0 aromatic heterocycles. The van der Waals surface area contributed by atoms with E-state index in [1.165, 1.54) is 25.0 Å². The van der Waals surface area contributed by atoms with E-state index in [0.29, 0.717) is 31.7 Å². The van der Waals surface area contributed by atoms with Crippen LogP contribution in [0, 0.1) is 11.7 Å². The lowest BCUT2D eigenvalue weighted by molar-refractivity contribution is -0.134. The monoisotopic (exact) mass is 509 g/mol. The number of hydrogen-bond acceptors (Lipinski definition) is 4. The van der Waals surface area contributed by atoms with Gasteiger partial charge in [0, 0.05) is 26.1 Å². The molecule has 1 saturated heterocycles. The van der Waals surface area contributed by atoms with E-state index in [-0.39, 0.29) is 23.5 Å². The summed E-state index contributed by atoms with van der Waals surface area (Å²) >= 11 is 0. The lowest BCUT2D eigenvalue weighted by Crippen LogP contribution is -2.42. The number of carbonyl (C=O) groups excluding carboxylic acids is 2. The smallest absolute Gasteiger partial charge is 0.261 e. The zero-order chi connectivity index (χ0) is 26.4. The standard InChI is InChI=1S/C30H40FN3O3/c1-4-27(30(36)32-13-17-33-14-5-6-15-33)37-25-11-10-22-12-16-34(28(35)18-21(2)3)29(26(22)20-25)23-8-7-9-24(31)19-23/h7-11,19-21,27,29H,4-6,12-18H2,1-3H3,(H,32,36)/t27-,29-/m0/s1. The minimum Gasteiger partial charge on any atom is -0.481 e. The maximum absolute atomic E-state index is 14.2. The molecule has 2 heterocycles. The average Bonchev–Trinajstić information content (AvgIpc) is 3.39. The highest BCUT2D eigenvalue weighted by atomic mass is 19.1. The van der Waals surface area contributed by atoms with Crippen molar-refractivity contribution in [3.63, 3.8) is 0 Å². The summed E-state index contributed by atoms with van der Waals surface area (Å²) in [5.74, 6) is 0.427. The summed E-state index contributed by atoms with van der Waals surface area (Å²) in [6, 6.07) is 11.9. The summed E-state index contributed by atoms with van der Waals surface area (Å²) in [4.78, 5) is 30.3. The van der Waals surface area contributed by atoms with Gasteiger partial charge in [-0.05, 0) is 85.6 Å². The van der Waals surface area contributed by atoms with Gasteiger partial charge in [0.15, 0.2) is 6.10 Å². The van der Waals surface area contributed by atoms with Gasteiger partial charge in [0.1, 0.15) is 11.6 Å². The van der Waals surface area contributed by atoms with Gasteiger partial charge in [-0.1, -0.05) is 39.0 Å². The third kappa shape index (κ3) is 6.89. The van der Waals surface area contributed by atoms with Gasteiger partial charge in [0.05, 0.1) is 6.04 Å². The molecule has 1 N–H and O–H groups in total. The lowest BCUT2D eigenvalue weighted by Gasteiger charge is -2.38. The first-order chi connectivity index (χ1) is 17.9.